The zero-order valence-electron chi connectivity index (χ0n) is 20.8. The molecule has 0 aliphatic carbocycles. The normalized spacial score (nSPS) is 10.5. The number of benzene rings is 3. The topological polar surface area (TPSA) is 78.8 Å². The minimum absolute atomic E-state index is 0.00955. The Hall–Kier alpha value is -3.99. The molecule has 5 nitrogen and oxygen atoms in total. The van der Waals surface area contributed by atoms with Crippen molar-refractivity contribution in [2.45, 2.75) is 27.7 Å². The lowest BCUT2D eigenvalue weighted by Crippen LogP contribution is -2.00. The van der Waals surface area contributed by atoms with Gasteiger partial charge >= 0.3 is 0 Å². The number of ketones is 1. The Kier molecular flexibility index (Phi) is 12.3. The van der Waals surface area contributed by atoms with Crippen molar-refractivity contribution in [2.75, 3.05) is 19.4 Å². The van der Waals surface area contributed by atoms with Crippen LogP contribution in [0.4, 0.5) is 5.69 Å². The fourth-order valence-electron chi connectivity index (χ4n) is 3.13. The Morgan fingerprint density at radius 1 is 0.971 bits per heavy atom. The van der Waals surface area contributed by atoms with E-state index in [1.807, 2.05) is 76.4 Å². The predicted molar refractivity (Wildman–Crippen MR) is 144 cm³/mol. The standard InChI is InChI=1S/C15H15NO.C12H13NO2.C2H6/c1-11(17)14-9-8-13(10-15(14)16-2)12-6-4-3-5-7-12;1-3-4-11(13-2)9-5-6-12(15)10(7-9)8-14;1-2/h3-10,16H,1-2H3;3-8,15H,1-2H3;1-2H3/b;4-3-,13-11?;. The maximum Gasteiger partial charge on any atom is 0.161 e. The average Bonchev–Trinajstić information content (AvgIpc) is 2.89. The first kappa shape index (κ1) is 28.0. The van der Waals surface area contributed by atoms with Gasteiger partial charge in [0.1, 0.15) is 5.75 Å². The van der Waals surface area contributed by atoms with Gasteiger partial charge in [0, 0.05) is 30.9 Å². The van der Waals surface area contributed by atoms with Gasteiger partial charge in [-0.15, -0.1) is 0 Å². The second-order valence-electron chi connectivity index (χ2n) is 6.93. The Morgan fingerprint density at radius 3 is 2.18 bits per heavy atom. The first-order valence-corrected chi connectivity index (χ1v) is 11.2. The summed E-state index contributed by atoms with van der Waals surface area (Å²) in [5.74, 6) is 0.0682. The van der Waals surface area contributed by atoms with Crippen LogP contribution in [0.1, 0.15) is 54.0 Å². The van der Waals surface area contributed by atoms with Crippen LogP contribution in [0.15, 0.2) is 83.9 Å². The number of hydrogen-bond acceptors (Lipinski definition) is 5. The van der Waals surface area contributed by atoms with Gasteiger partial charge in [-0.2, -0.15) is 0 Å². The van der Waals surface area contributed by atoms with Gasteiger partial charge in [-0.3, -0.25) is 14.6 Å². The summed E-state index contributed by atoms with van der Waals surface area (Å²) in [6.07, 6.45) is 4.35. The number of aldehydes is 1. The van der Waals surface area contributed by atoms with Crippen molar-refractivity contribution in [1.82, 2.24) is 0 Å². The number of carbonyl (C=O) groups is 2. The number of Topliss-reactive ketones (excluding diaryl/α,β-unsaturated/α-hetero) is 1. The molecule has 178 valence electrons. The van der Waals surface area contributed by atoms with Crippen molar-refractivity contribution in [3.05, 3.63) is 95.6 Å². The van der Waals surface area contributed by atoms with Gasteiger partial charge in [0.15, 0.2) is 12.1 Å². The molecule has 0 atom stereocenters. The van der Waals surface area contributed by atoms with Crippen LogP contribution in [-0.2, 0) is 0 Å². The Labute approximate surface area is 202 Å². The minimum atomic E-state index is -0.00955. The number of phenols is 1. The number of aromatic hydroxyl groups is 1. The molecule has 0 aromatic heterocycles. The molecule has 0 radical (unpaired) electrons. The molecule has 0 unspecified atom stereocenters. The first-order chi connectivity index (χ1) is 16.4. The zero-order chi connectivity index (χ0) is 25.5. The third-order valence-corrected chi connectivity index (χ3v) is 4.79. The number of aliphatic imine (C=N–C) groups is 1. The molecule has 0 aliphatic heterocycles. The molecule has 0 bridgehead atoms. The van der Waals surface area contributed by atoms with Gasteiger partial charge in [-0.05, 0) is 61.4 Å². The van der Waals surface area contributed by atoms with Crippen molar-refractivity contribution >= 4 is 23.5 Å². The van der Waals surface area contributed by atoms with E-state index in [1.165, 1.54) is 6.07 Å². The SMILES string of the molecule is C/C=C\C(=NC)c1ccc(O)c(C=O)c1.CC.CNc1cc(-c2ccccc2)ccc1C(C)=O. The van der Waals surface area contributed by atoms with Crippen molar-refractivity contribution < 1.29 is 14.7 Å². The van der Waals surface area contributed by atoms with Gasteiger partial charge in [0.2, 0.25) is 0 Å². The molecule has 0 heterocycles. The highest BCUT2D eigenvalue weighted by atomic mass is 16.3. The smallest absolute Gasteiger partial charge is 0.161 e. The molecule has 3 rings (SSSR count). The lowest BCUT2D eigenvalue weighted by molar-refractivity contribution is 0.101. The Balaban J connectivity index is 0.000000320. The number of nitrogens with zero attached hydrogens (tertiary/aromatic N) is 1. The highest BCUT2D eigenvalue weighted by Crippen LogP contribution is 2.25. The number of phenolic OH excluding ortho intramolecular Hbond substituents is 1. The van der Waals surface area contributed by atoms with Crippen LogP contribution < -0.4 is 5.32 Å². The molecule has 5 heteroatoms. The molecule has 3 aromatic rings. The van der Waals surface area contributed by atoms with Crippen LogP contribution in [0.2, 0.25) is 0 Å². The van der Waals surface area contributed by atoms with Crippen molar-refractivity contribution in [3.8, 4) is 16.9 Å². The molecule has 0 saturated carbocycles. The van der Waals surface area contributed by atoms with Gasteiger partial charge in [0.05, 0.1) is 11.3 Å². The van der Waals surface area contributed by atoms with Crippen LogP contribution in [0.25, 0.3) is 11.1 Å². The lowest BCUT2D eigenvalue weighted by Gasteiger charge is -2.09. The van der Waals surface area contributed by atoms with E-state index in [2.05, 4.69) is 22.4 Å². The molecular formula is C29H34N2O3. The molecule has 0 aliphatic rings. The Morgan fingerprint density at radius 2 is 1.65 bits per heavy atom. The molecule has 3 aromatic carbocycles. The summed E-state index contributed by atoms with van der Waals surface area (Å²) in [4.78, 5) is 26.1. The second-order valence-corrected chi connectivity index (χ2v) is 6.93. The van der Waals surface area contributed by atoms with Gasteiger partial charge < -0.3 is 10.4 Å². The van der Waals surface area contributed by atoms with E-state index < -0.39 is 0 Å². The van der Waals surface area contributed by atoms with Crippen molar-refractivity contribution in [1.29, 1.82) is 0 Å². The summed E-state index contributed by atoms with van der Waals surface area (Å²) >= 11 is 0. The molecule has 0 amide bonds. The van der Waals surface area contributed by atoms with Crippen LogP contribution in [0.5, 0.6) is 5.75 Å². The molecular weight excluding hydrogens is 424 g/mol. The van der Waals surface area contributed by atoms with E-state index in [0.717, 1.165) is 33.7 Å². The van der Waals surface area contributed by atoms with E-state index in [-0.39, 0.29) is 17.1 Å². The fraction of sp³-hybridized carbons (Fsp3) is 0.207. The predicted octanol–water partition coefficient (Wildman–Crippen LogP) is 6.82. The first-order valence-electron chi connectivity index (χ1n) is 11.2. The van der Waals surface area contributed by atoms with Gasteiger partial charge in [-0.1, -0.05) is 56.3 Å². The highest BCUT2D eigenvalue weighted by molar-refractivity contribution is 6.09. The summed E-state index contributed by atoms with van der Waals surface area (Å²) in [6.45, 7) is 7.48. The minimum Gasteiger partial charge on any atom is -0.507 e. The summed E-state index contributed by atoms with van der Waals surface area (Å²) in [6, 6.07) is 20.8. The summed E-state index contributed by atoms with van der Waals surface area (Å²) in [7, 11) is 3.51. The van der Waals surface area contributed by atoms with Crippen LogP contribution in [-0.4, -0.2) is 37.0 Å². The largest absolute Gasteiger partial charge is 0.507 e. The maximum absolute atomic E-state index is 11.4. The van der Waals surface area contributed by atoms with E-state index in [9.17, 15) is 14.7 Å². The third kappa shape index (κ3) is 7.85. The number of anilines is 1. The number of allylic oxidation sites excluding steroid dienone is 2. The number of nitrogens with one attached hydrogen (secondary N) is 1. The molecule has 34 heavy (non-hydrogen) atoms. The summed E-state index contributed by atoms with van der Waals surface area (Å²) in [5, 5.41) is 12.4. The Bertz CT molecular complexity index is 1130. The summed E-state index contributed by atoms with van der Waals surface area (Å²) < 4.78 is 0. The van der Waals surface area contributed by atoms with E-state index >= 15 is 0 Å². The number of rotatable bonds is 6. The average molecular weight is 459 g/mol. The van der Waals surface area contributed by atoms with E-state index in [0.29, 0.717) is 6.29 Å². The van der Waals surface area contributed by atoms with Gasteiger partial charge in [-0.25, -0.2) is 0 Å². The van der Waals surface area contributed by atoms with Crippen LogP contribution >= 0.6 is 0 Å². The monoisotopic (exact) mass is 458 g/mol. The van der Waals surface area contributed by atoms with E-state index in [1.54, 1.807) is 26.1 Å². The maximum atomic E-state index is 11.4. The molecule has 0 spiro atoms. The number of carbonyl (C=O) groups excluding carboxylic acids is 2. The van der Waals surface area contributed by atoms with E-state index in [4.69, 9.17) is 0 Å². The molecule has 0 fully saturated rings. The van der Waals surface area contributed by atoms with Crippen molar-refractivity contribution in [3.63, 3.8) is 0 Å². The zero-order valence-corrected chi connectivity index (χ0v) is 20.8. The van der Waals surface area contributed by atoms with Gasteiger partial charge in [0.25, 0.3) is 0 Å². The molecule has 0 saturated heterocycles. The third-order valence-electron chi connectivity index (χ3n) is 4.79. The summed E-state index contributed by atoms with van der Waals surface area (Å²) in [5.41, 5.74) is 5.74. The van der Waals surface area contributed by atoms with Crippen molar-refractivity contribution in [2.24, 2.45) is 4.99 Å². The van der Waals surface area contributed by atoms with Crippen LogP contribution in [0, 0.1) is 0 Å². The lowest BCUT2D eigenvalue weighted by atomic mass is 10.0. The second kappa shape index (κ2) is 15.0. The quantitative estimate of drug-likeness (QED) is 0.241. The fourth-order valence-corrected chi connectivity index (χ4v) is 3.13. The van der Waals surface area contributed by atoms with Crippen LogP contribution in [0.3, 0.4) is 0 Å². The highest BCUT2D eigenvalue weighted by Gasteiger charge is 2.07. The molecule has 2 N–H and O–H groups in total. The number of hydrogen-bond donors (Lipinski definition) is 2.